The van der Waals surface area contributed by atoms with Crippen molar-refractivity contribution in [2.75, 3.05) is 5.32 Å². The van der Waals surface area contributed by atoms with Crippen LogP contribution in [0.4, 0.5) is 14.6 Å². The standard InChI is InChI=1S/C20H21F2N5O3/c1-10(19(28)29)20(30)4-2-3-12(6-20)26-18-15(22)9-25-17(27-18)14-8-24-16-13(14)5-11(21)7-23-16/h5,7-10,12,30H,2-4,6H2,1H3,(H,23,24)(H,28,29)(H,25,26,27)/t10?,12-,20-/m0/s1. The number of nitrogens with one attached hydrogen (secondary N) is 2. The van der Waals surface area contributed by atoms with Gasteiger partial charge in [0.1, 0.15) is 11.5 Å². The number of aromatic nitrogens is 4. The highest BCUT2D eigenvalue weighted by Gasteiger charge is 2.42. The summed E-state index contributed by atoms with van der Waals surface area (Å²) in [5, 5.41) is 23.5. The number of anilines is 1. The Morgan fingerprint density at radius 3 is 2.93 bits per heavy atom. The predicted octanol–water partition coefficient (Wildman–Crippen LogP) is 3.10. The summed E-state index contributed by atoms with van der Waals surface area (Å²) < 4.78 is 28.0. The Morgan fingerprint density at radius 2 is 2.17 bits per heavy atom. The molecule has 0 bridgehead atoms. The molecule has 10 heteroatoms. The van der Waals surface area contributed by atoms with Crippen LogP contribution in [0.15, 0.2) is 24.7 Å². The maximum Gasteiger partial charge on any atom is 0.309 e. The van der Waals surface area contributed by atoms with E-state index >= 15 is 0 Å². The van der Waals surface area contributed by atoms with Crippen LogP contribution in [0.2, 0.25) is 0 Å². The van der Waals surface area contributed by atoms with Crippen molar-refractivity contribution in [1.29, 1.82) is 0 Å². The number of pyridine rings is 1. The normalized spacial score (nSPS) is 22.7. The molecule has 1 fully saturated rings. The molecule has 8 nitrogen and oxygen atoms in total. The average molecular weight is 417 g/mol. The van der Waals surface area contributed by atoms with E-state index in [1.54, 1.807) is 6.20 Å². The molecular formula is C20H21F2N5O3. The number of hydrogen-bond donors (Lipinski definition) is 4. The van der Waals surface area contributed by atoms with Crippen LogP contribution >= 0.6 is 0 Å². The van der Waals surface area contributed by atoms with Crippen LogP contribution in [-0.4, -0.2) is 47.8 Å². The number of fused-ring (bicyclic) bond motifs is 1. The highest BCUT2D eigenvalue weighted by Crippen LogP contribution is 2.36. The van der Waals surface area contributed by atoms with E-state index in [0.717, 1.165) is 12.4 Å². The first-order valence-electron chi connectivity index (χ1n) is 9.64. The molecule has 0 aromatic carbocycles. The lowest BCUT2D eigenvalue weighted by Gasteiger charge is -2.39. The fraction of sp³-hybridized carbons (Fsp3) is 0.400. The summed E-state index contributed by atoms with van der Waals surface area (Å²) in [7, 11) is 0. The van der Waals surface area contributed by atoms with E-state index in [4.69, 9.17) is 0 Å². The van der Waals surface area contributed by atoms with Gasteiger partial charge in [-0.05, 0) is 38.7 Å². The molecule has 30 heavy (non-hydrogen) atoms. The van der Waals surface area contributed by atoms with Crippen molar-refractivity contribution in [3.05, 3.63) is 36.3 Å². The molecule has 4 N–H and O–H groups in total. The van der Waals surface area contributed by atoms with Crippen molar-refractivity contribution in [1.82, 2.24) is 19.9 Å². The zero-order chi connectivity index (χ0) is 21.5. The number of aliphatic hydroxyl groups is 1. The molecule has 0 aliphatic heterocycles. The Labute approximate surface area is 170 Å². The van der Waals surface area contributed by atoms with Gasteiger partial charge in [0.2, 0.25) is 0 Å². The van der Waals surface area contributed by atoms with Crippen LogP contribution in [0.3, 0.4) is 0 Å². The van der Waals surface area contributed by atoms with E-state index in [2.05, 4.69) is 25.3 Å². The van der Waals surface area contributed by atoms with Gasteiger partial charge in [0.05, 0.1) is 23.9 Å². The summed E-state index contributed by atoms with van der Waals surface area (Å²) in [5.41, 5.74) is -0.456. The number of carboxylic acid groups (broad SMARTS) is 1. The monoisotopic (exact) mass is 417 g/mol. The summed E-state index contributed by atoms with van der Waals surface area (Å²) in [5.74, 6) is -3.09. The van der Waals surface area contributed by atoms with Gasteiger partial charge in [0.15, 0.2) is 17.5 Å². The van der Waals surface area contributed by atoms with Crippen LogP contribution in [0.25, 0.3) is 22.4 Å². The Morgan fingerprint density at radius 1 is 1.37 bits per heavy atom. The van der Waals surface area contributed by atoms with Crippen LogP contribution in [0, 0.1) is 17.6 Å². The third-order valence-electron chi connectivity index (χ3n) is 5.76. The average Bonchev–Trinajstić information content (AvgIpc) is 3.12. The number of carbonyl (C=O) groups is 1. The summed E-state index contributed by atoms with van der Waals surface area (Å²) in [4.78, 5) is 26.5. The smallest absolute Gasteiger partial charge is 0.309 e. The lowest BCUT2D eigenvalue weighted by Crippen LogP contribution is -2.47. The highest BCUT2D eigenvalue weighted by atomic mass is 19.1. The summed E-state index contributed by atoms with van der Waals surface area (Å²) in [6.45, 7) is 1.47. The fourth-order valence-electron chi connectivity index (χ4n) is 3.99. The molecule has 1 unspecified atom stereocenters. The number of aliphatic carboxylic acids is 1. The van der Waals surface area contributed by atoms with Crippen molar-refractivity contribution in [2.24, 2.45) is 5.92 Å². The zero-order valence-electron chi connectivity index (χ0n) is 16.2. The zero-order valence-corrected chi connectivity index (χ0v) is 16.2. The van der Waals surface area contributed by atoms with Crippen molar-refractivity contribution in [3.8, 4) is 11.4 Å². The first kappa shape index (κ1) is 20.1. The highest BCUT2D eigenvalue weighted by molar-refractivity contribution is 5.91. The van der Waals surface area contributed by atoms with Crippen LogP contribution in [-0.2, 0) is 4.79 Å². The van der Waals surface area contributed by atoms with Crippen molar-refractivity contribution in [3.63, 3.8) is 0 Å². The molecule has 3 atom stereocenters. The molecule has 1 aliphatic rings. The van der Waals surface area contributed by atoms with Gasteiger partial charge in [0.25, 0.3) is 0 Å². The molecule has 4 rings (SSSR count). The van der Waals surface area contributed by atoms with Gasteiger partial charge in [-0.1, -0.05) is 0 Å². The molecule has 3 aromatic rings. The summed E-state index contributed by atoms with van der Waals surface area (Å²) >= 11 is 0. The van der Waals surface area contributed by atoms with E-state index in [1.807, 2.05) is 0 Å². The first-order chi connectivity index (χ1) is 14.3. The minimum absolute atomic E-state index is 0.0593. The number of H-pyrrole nitrogens is 1. The van der Waals surface area contributed by atoms with E-state index in [0.29, 0.717) is 35.9 Å². The molecule has 3 aromatic heterocycles. The molecule has 0 amide bonds. The number of halogens is 2. The largest absolute Gasteiger partial charge is 0.481 e. The number of nitrogens with zero attached hydrogens (tertiary/aromatic N) is 3. The van der Waals surface area contributed by atoms with Gasteiger partial charge in [0, 0.05) is 23.2 Å². The third-order valence-corrected chi connectivity index (χ3v) is 5.76. The predicted molar refractivity (Wildman–Crippen MR) is 105 cm³/mol. The maximum absolute atomic E-state index is 14.4. The second-order valence-corrected chi connectivity index (χ2v) is 7.74. The molecule has 0 saturated heterocycles. The van der Waals surface area contributed by atoms with Gasteiger partial charge in [-0.25, -0.2) is 23.7 Å². The Balaban J connectivity index is 1.61. The summed E-state index contributed by atoms with van der Waals surface area (Å²) in [6, 6.07) is 0.938. The minimum atomic E-state index is -1.38. The summed E-state index contributed by atoms with van der Waals surface area (Å²) in [6.07, 6.45) is 5.43. The van der Waals surface area contributed by atoms with Crippen LogP contribution in [0.1, 0.15) is 32.6 Å². The van der Waals surface area contributed by atoms with Crippen molar-refractivity contribution in [2.45, 2.75) is 44.2 Å². The second kappa shape index (κ2) is 7.60. The number of aromatic amines is 1. The van der Waals surface area contributed by atoms with Crippen LogP contribution < -0.4 is 5.32 Å². The van der Waals surface area contributed by atoms with Gasteiger partial charge < -0.3 is 20.5 Å². The van der Waals surface area contributed by atoms with Gasteiger partial charge in [-0.2, -0.15) is 0 Å². The van der Waals surface area contributed by atoms with Crippen LogP contribution in [0.5, 0.6) is 0 Å². The first-order valence-corrected chi connectivity index (χ1v) is 9.64. The minimum Gasteiger partial charge on any atom is -0.481 e. The van der Waals surface area contributed by atoms with Crippen molar-refractivity contribution >= 4 is 22.8 Å². The molecular weight excluding hydrogens is 396 g/mol. The quantitative estimate of drug-likeness (QED) is 0.503. The number of carboxylic acids is 1. The molecule has 3 heterocycles. The molecule has 1 aliphatic carbocycles. The van der Waals surface area contributed by atoms with E-state index in [-0.39, 0.29) is 24.1 Å². The van der Waals surface area contributed by atoms with Gasteiger partial charge in [-0.15, -0.1) is 0 Å². The number of rotatable bonds is 5. The molecule has 1 saturated carbocycles. The second-order valence-electron chi connectivity index (χ2n) is 7.74. The SMILES string of the molecule is CC(C(=O)O)[C@]1(O)CCC[C@H](Nc2nc(-c3c[nH]c4ncc(F)cc34)ncc2F)C1. The van der Waals surface area contributed by atoms with E-state index in [1.165, 1.54) is 13.0 Å². The third kappa shape index (κ3) is 3.70. The van der Waals surface area contributed by atoms with Crippen molar-refractivity contribution < 1.29 is 23.8 Å². The van der Waals surface area contributed by atoms with E-state index < -0.39 is 29.1 Å². The molecule has 0 spiro atoms. The number of hydrogen-bond acceptors (Lipinski definition) is 6. The van der Waals surface area contributed by atoms with E-state index in [9.17, 15) is 23.8 Å². The molecule has 0 radical (unpaired) electrons. The lowest BCUT2D eigenvalue weighted by molar-refractivity contribution is -0.153. The Hall–Kier alpha value is -3.14. The topological polar surface area (TPSA) is 124 Å². The van der Waals surface area contributed by atoms with Gasteiger partial charge >= 0.3 is 5.97 Å². The maximum atomic E-state index is 14.4. The Bertz CT molecular complexity index is 1110. The molecule has 158 valence electrons. The van der Waals surface area contributed by atoms with Gasteiger partial charge in [-0.3, -0.25) is 4.79 Å². The lowest BCUT2D eigenvalue weighted by atomic mass is 9.74. The Kier molecular flexibility index (Phi) is 5.10. The fourth-order valence-corrected chi connectivity index (χ4v) is 3.99.